The molecule has 3 rings (SSSR count). The topological polar surface area (TPSA) is 77.5 Å². The predicted molar refractivity (Wildman–Crippen MR) is 144 cm³/mol. The van der Waals surface area contributed by atoms with Gasteiger partial charge in [0, 0.05) is 7.05 Å². The Bertz CT molecular complexity index is 1170. The van der Waals surface area contributed by atoms with Gasteiger partial charge in [0.05, 0.1) is 46.5 Å². The number of nitrogens with zero attached hydrogens (tertiary/aromatic N) is 1. The number of rotatable bonds is 12. The Morgan fingerprint density at radius 3 is 1.95 bits per heavy atom. The van der Waals surface area contributed by atoms with Crippen LogP contribution < -0.4 is 18.9 Å². The van der Waals surface area contributed by atoms with E-state index in [1.54, 1.807) is 40.4 Å². The fourth-order valence-electron chi connectivity index (χ4n) is 4.44. The van der Waals surface area contributed by atoms with E-state index in [0.29, 0.717) is 35.8 Å². The highest BCUT2D eigenvalue weighted by Crippen LogP contribution is 2.35. The molecular formula is C30H37NO6. The van der Waals surface area contributed by atoms with Gasteiger partial charge in [-0.3, -0.25) is 4.79 Å². The van der Waals surface area contributed by atoms with E-state index in [-0.39, 0.29) is 5.91 Å². The Morgan fingerprint density at radius 1 is 0.784 bits per heavy atom. The van der Waals surface area contributed by atoms with Crippen LogP contribution >= 0.6 is 0 Å². The third kappa shape index (κ3) is 6.54. The predicted octanol–water partition coefficient (Wildman–Crippen LogP) is 5.02. The fraction of sp³-hybridized carbons (Fsp3) is 0.367. The molecule has 0 aromatic heterocycles. The van der Waals surface area contributed by atoms with Gasteiger partial charge < -0.3 is 29.0 Å². The summed E-state index contributed by atoms with van der Waals surface area (Å²) in [5.41, 5.74) is 2.61. The molecule has 0 saturated heterocycles. The van der Waals surface area contributed by atoms with Crippen LogP contribution in [0, 0.1) is 0 Å². The SMILES string of the molecule is COc1ccc(CC[C@H](C(=O)N(C)[C@@H](C)[C@@H](O)c2ccccc2)c2ccc(OC)c(OC)c2)cc1OC. The number of hydrogen-bond acceptors (Lipinski definition) is 6. The molecule has 0 unspecified atom stereocenters. The van der Waals surface area contributed by atoms with Gasteiger partial charge in [-0.05, 0) is 60.7 Å². The number of amides is 1. The van der Waals surface area contributed by atoms with Gasteiger partial charge in [0.25, 0.3) is 0 Å². The Morgan fingerprint density at radius 2 is 1.35 bits per heavy atom. The van der Waals surface area contributed by atoms with E-state index in [1.807, 2.05) is 73.7 Å². The third-order valence-electron chi connectivity index (χ3n) is 6.83. The number of aryl methyl sites for hydroxylation is 1. The molecule has 0 spiro atoms. The van der Waals surface area contributed by atoms with E-state index < -0.39 is 18.1 Å². The molecular weight excluding hydrogens is 470 g/mol. The summed E-state index contributed by atoms with van der Waals surface area (Å²) in [6.07, 6.45) is 0.365. The standard InChI is InChI=1S/C30H37NO6/c1-20(29(32)22-10-8-7-9-11-22)31(2)30(33)24(23-14-17-26(35-4)28(19-23)37-6)15-12-21-13-16-25(34-3)27(18-21)36-5/h7-11,13-14,16-20,24,29,32H,12,15H2,1-6H3/t20-,24-,29+/m0/s1. The number of hydrogen-bond donors (Lipinski definition) is 1. The molecule has 1 amide bonds. The Hall–Kier alpha value is -3.71. The molecule has 0 radical (unpaired) electrons. The van der Waals surface area contributed by atoms with Crippen LogP contribution in [0.2, 0.25) is 0 Å². The summed E-state index contributed by atoms with van der Waals surface area (Å²) in [7, 11) is 8.10. The summed E-state index contributed by atoms with van der Waals surface area (Å²) in [4.78, 5) is 15.6. The molecule has 198 valence electrons. The van der Waals surface area contributed by atoms with Crippen LogP contribution in [0.4, 0.5) is 0 Å². The molecule has 37 heavy (non-hydrogen) atoms. The van der Waals surface area contributed by atoms with E-state index in [4.69, 9.17) is 18.9 Å². The first-order valence-corrected chi connectivity index (χ1v) is 12.3. The molecule has 3 aromatic carbocycles. The van der Waals surface area contributed by atoms with Crippen LogP contribution in [0.5, 0.6) is 23.0 Å². The number of likely N-dealkylation sites (N-methyl/N-ethyl adjacent to an activating group) is 1. The smallest absolute Gasteiger partial charge is 0.230 e. The highest BCUT2D eigenvalue weighted by Gasteiger charge is 2.30. The van der Waals surface area contributed by atoms with Crippen molar-refractivity contribution in [3.8, 4) is 23.0 Å². The maximum Gasteiger partial charge on any atom is 0.230 e. The Kier molecular flexibility index (Phi) is 9.80. The molecule has 0 aliphatic carbocycles. The van der Waals surface area contributed by atoms with Gasteiger partial charge in [-0.15, -0.1) is 0 Å². The van der Waals surface area contributed by atoms with Crippen molar-refractivity contribution in [3.05, 3.63) is 83.4 Å². The molecule has 0 heterocycles. The first kappa shape index (κ1) is 27.9. The first-order valence-electron chi connectivity index (χ1n) is 12.3. The van der Waals surface area contributed by atoms with Crippen molar-refractivity contribution in [1.82, 2.24) is 4.90 Å². The zero-order valence-corrected chi connectivity index (χ0v) is 22.4. The minimum atomic E-state index is -0.813. The minimum Gasteiger partial charge on any atom is -0.493 e. The van der Waals surface area contributed by atoms with E-state index in [0.717, 1.165) is 16.7 Å². The molecule has 3 aromatic rings. The van der Waals surface area contributed by atoms with Crippen molar-refractivity contribution in [2.75, 3.05) is 35.5 Å². The van der Waals surface area contributed by atoms with Gasteiger partial charge in [0.15, 0.2) is 23.0 Å². The van der Waals surface area contributed by atoms with Gasteiger partial charge in [-0.1, -0.05) is 42.5 Å². The zero-order valence-electron chi connectivity index (χ0n) is 22.4. The maximum absolute atomic E-state index is 13.9. The molecule has 7 heteroatoms. The molecule has 0 fully saturated rings. The number of methoxy groups -OCH3 is 4. The van der Waals surface area contributed by atoms with Crippen molar-refractivity contribution < 1.29 is 28.8 Å². The second kappa shape index (κ2) is 13.0. The molecule has 1 N–H and O–H groups in total. The van der Waals surface area contributed by atoms with Crippen molar-refractivity contribution in [3.63, 3.8) is 0 Å². The molecule has 7 nitrogen and oxygen atoms in total. The normalized spacial score (nSPS) is 13.3. The molecule has 0 bridgehead atoms. The lowest BCUT2D eigenvalue weighted by Crippen LogP contribution is -2.41. The van der Waals surface area contributed by atoms with Crippen molar-refractivity contribution >= 4 is 5.91 Å². The van der Waals surface area contributed by atoms with E-state index in [2.05, 4.69) is 0 Å². The first-order chi connectivity index (χ1) is 17.8. The number of aliphatic hydroxyl groups is 1. The molecule has 0 aliphatic rings. The van der Waals surface area contributed by atoms with Gasteiger partial charge >= 0.3 is 0 Å². The molecule has 0 saturated carbocycles. The maximum atomic E-state index is 13.9. The van der Waals surface area contributed by atoms with Gasteiger partial charge in [-0.25, -0.2) is 0 Å². The summed E-state index contributed by atoms with van der Waals surface area (Å²) >= 11 is 0. The molecule has 3 atom stereocenters. The zero-order chi connectivity index (χ0) is 26.9. The fourth-order valence-corrected chi connectivity index (χ4v) is 4.44. The summed E-state index contributed by atoms with van der Waals surface area (Å²) in [6, 6.07) is 20.3. The van der Waals surface area contributed by atoms with Crippen LogP contribution in [0.3, 0.4) is 0 Å². The van der Waals surface area contributed by atoms with Gasteiger partial charge in [0.1, 0.15) is 0 Å². The number of aliphatic hydroxyl groups excluding tert-OH is 1. The van der Waals surface area contributed by atoms with E-state index in [1.165, 1.54) is 0 Å². The number of carbonyl (C=O) groups excluding carboxylic acids is 1. The molecule has 0 aliphatic heterocycles. The van der Waals surface area contributed by atoms with Crippen molar-refractivity contribution in [2.45, 2.75) is 37.8 Å². The number of benzene rings is 3. The van der Waals surface area contributed by atoms with Crippen LogP contribution in [0.15, 0.2) is 66.7 Å². The second-order valence-corrected chi connectivity index (χ2v) is 8.94. The lowest BCUT2D eigenvalue weighted by molar-refractivity contribution is -0.135. The Balaban J connectivity index is 1.90. The highest BCUT2D eigenvalue weighted by atomic mass is 16.5. The number of ether oxygens (including phenoxy) is 4. The summed E-state index contributed by atoms with van der Waals surface area (Å²) in [5.74, 6) is 1.90. The highest BCUT2D eigenvalue weighted by molar-refractivity contribution is 5.84. The second-order valence-electron chi connectivity index (χ2n) is 8.94. The van der Waals surface area contributed by atoms with Gasteiger partial charge in [-0.2, -0.15) is 0 Å². The van der Waals surface area contributed by atoms with Crippen LogP contribution in [0.25, 0.3) is 0 Å². The monoisotopic (exact) mass is 507 g/mol. The van der Waals surface area contributed by atoms with E-state index in [9.17, 15) is 9.90 Å². The quantitative estimate of drug-likeness (QED) is 0.371. The lowest BCUT2D eigenvalue weighted by Gasteiger charge is -2.32. The summed E-state index contributed by atoms with van der Waals surface area (Å²) in [5, 5.41) is 11.0. The van der Waals surface area contributed by atoms with Crippen molar-refractivity contribution in [1.29, 1.82) is 0 Å². The average molecular weight is 508 g/mol. The number of carbonyl (C=O) groups is 1. The van der Waals surface area contributed by atoms with Crippen LogP contribution in [-0.2, 0) is 11.2 Å². The summed E-state index contributed by atoms with van der Waals surface area (Å²) < 4.78 is 21.7. The summed E-state index contributed by atoms with van der Waals surface area (Å²) in [6.45, 7) is 1.86. The average Bonchev–Trinajstić information content (AvgIpc) is 2.95. The Labute approximate surface area is 219 Å². The largest absolute Gasteiger partial charge is 0.493 e. The van der Waals surface area contributed by atoms with Crippen molar-refractivity contribution in [2.24, 2.45) is 0 Å². The minimum absolute atomic E-state index is 0.0878. The third-order valence-corrected chi connectivity index (χ3v) is 6.83. The lowest BCUT2D eigenvalue weighted by atomic mass is 9.89. The van der Waals surface area contributed by atoms with Crippen LogP contribution in [0.1, 0.15) is 42.1 Å². The van der Waals surface area contributed by atoms with Gasteiger partial charge in [0.2, 0.25) is 5.91 Å². The van der Waals surface area contributed by atoms with Crippen LogP contribution in [-0.4, -0.2) is 57.4 Å². The van der Waals surface area contributed by atoms with E-state index >= 15 is 0 Å².